The Hall–Kier alpha value is -3.40. The second-order valence-corrected chi connectivity index (χ2v) is 5.55. The molecule has 2 aromatic rings. The lowest BCUT2D eigenvalue weighted by Gasteiger charge is -2.09. The molecule has 0 aliphatic carbocycles. The quantitative estimate of drug-likeness (QED) is 0.465. The lowest BCUT2D eigenvalue weighted by molar-refractivity contribution is -0.138. The van der Waals surface area contributed by atoms with Gasteiger partial charge in [-0.15, -0.1) is 0 Å². The zero-order valence-corrected chi connectivity index (χ0v) is 13.1. The summed E-state index contributed by atoms with van der Waals surface area (Å²) in [5.74, 6) is -3.29. The molecule has 0 amide bonds. The fraction of sp³-hybridized carbons (Fsp3) is 0.105. The average Bonchev–Trinajstić information content (AvgIpc) is 2.88. The van der Waals surface area contributed by atoms with Crippen LogP contribution in [0.2, 0.25) is 0 Å². The normalized spacial score (nSPS) is 18.7. The third-order valence-electron chi connectivity index (χ3n) is 3.88. The number of halogens is 3. The Bertz CT molecular complexity index is 953. The van der Waals surface area contributed by atoms with Crippen molar-refractivity contribution in [1.29, 1.82) is 5.26 Å². The van der Waals surface area contributed by atoms with Gasteiger partial charge in [0.25, 0.3) is 0 Å². The van der Waals surface area contributed by atoms with Gasteiger partial charge in [-0.25, -0.2) is 0 Å². The van der Waals surface area contributed by atoms with Crippen molar-refractivity contribution in [2.75, 3.05) is 0 Å². The first kappa shape index (κ1) is 17.4. The maximum absolute atomic E-state index is 13.1. The van der Waals surface area contributed by atoms with Gasteiger partial charge in [0.2, 0.25) is 5.78 Å². The minimum atomic E-state index is -4.61. The molecule has 0 bridgehead atoms. The summed E-state index contributed by atoms with van der Waals surface area (Å²) < 4.78 is 44.1. The molecular formula is C19H10F3NO3. The van der Waals surface area contributed by atoms with Crippen LogP contribution in [0.1, 0.15) is 28.2 Å². The van der Waals surface area contributed by atoms with Gasteiger partial charge < -0.3 is 4.74 Å². The number of cyclic esters (lactones) is 1. The molecule has 1 heterocycles. The third-order valence-corrected chi connectivity index (χ3v) is 3.88. The zero-order chi connectivity index (χ0) is 18.9. The largest absolute Gasteiger partial charge is 0.422 e. The molecule has 7 heteroatoms. The molecule has 0 aromatic heterocycles. The number of carbonyl (C=O) groups excluding carboxylic acids is 2. The second kappa shape index (κ2) is 6.48. The number of rotatable bonds is 2. The molecule has 1 aliphatic rings. The maximum atomic E-state index is 13.1. The van der Waals surface area contributed by atoms with Crippen LogP contribution < -0.4 is 0 Å². The molecule has 1 aliphatic heterocycles. The van der Waals surface area contributed by atoms with E-state index < -0.39 is 35.2 Å². The molecular weight excluding hydrogens is 347 g/mol. The van der Waals surface area contributed by atoms with E-state index in [4.69, 9.17) is 10.00 Å². The van der Waals surface area contributed by atoms with Gasteiger partial charge in [-0.3, -0.25) is 9.59 Å². The van der Waals surface area contributed by atoms with E-state index in [1.807, 2.05) is 6.07 Å². The van der Waals surface area contributed by atoms with Crippen LogP contribution in [0.4, 0.5) is 13.2 Å². The number of alkyl halides is 3. The molecule has 26 heavy (non-hydrogen) atoms. The summed E-state index contributed by atoms with van der Waals surface area (Å²) in [6, 6.07) is 12.4. The molecule has 3 rings (SSSR count). The van der Waals surface area contributed by atoms with Crippen molar-refractivity contribution in [2.24, 2.45) is 0 Å². The fourth-order valence-electron chi connectivity index (χ4n) is 2.63. The van der Waals surface area contributed by atoms with Gasteiger partial charge in [0, 0.05) is 0 Å². The van der Waals surface area contributed by atoms with Crippen molar-refractivity contribution in [1.82, 2.24) is 0 Å². The van der Waals surface area contributed by atoms with Gasteiger partial charge in [-0.1, -0.05) is 30.3 Å². The summed E-state index contributed by atoms with van der Waals surface area (Å²) in [6.45, 7) is 0. The minimum Gasteiger partial charge on any atom is -0.422 e. The van der Waals surface area contributed by atoms with Crippen LogP contribution in [0.15, 0.2) is 54.3 Å². The Morgan fingerprint density at radius 3 is 2.31 bits per heavy atom. The monoisotopic (exact) mass is 357 g/mol. The van der Waals surface area contributed by atoms with Crippen LogP contribution in [0, 0.1) is 11.3 Å². The Morgan fingerprint density at radius 2 is 1.69 bits per heavy atom. The van der Waals surface area contributed by atoms with Gasteiger partial charge >= 0.3 is 12.1 Å². The number of hydrogen-bond donors (Lipinski definition) is 0. The molecule has 1 fully saturated rings. The topological polar surface area (TPSA) is 67.2 Å². The number of Topliss-reactive ketones (excluding diaryl/α,β-unsaturated/α-hetero) is 1. The summed E-state index contributed by atoms with van der Waals surface area (Å²) in [6.07, 6.45) is -3.68. The van der Waals surface area contributed by atoms with Gasteiger partial charge in [0.05, 0.1) is 17.2 Å². The van der Waals surface area contributed by atoms with Gasteiger partial charge in [-0.2, -0.15) is 18.4 Å². The highest BCUT2D eigenvalue weighted by Gasteiger charge is 2.41. The zero-order valence-electron chi connectivity index (χ0n) is 13.1. The van der Waals surface area contributed by atoms with E-state index in [0.717, 1.165) is 12.1 Å². The first-order valence-electron chi connectivity index (χ1n) is 7.45. The van der Waals surface area contributed by atoms with Crippen molar-refractivity contribution in [3.63, 3.8) is 0 Å². The number of ether oxygens (including phenoxy) is 1. The first-order valence-corrected chi connectivity index (χ1v) is 7.45. The Morgan fingerprint density at radius 1 is 1.04 bits per heavy atom. The van der Waals surface area contributed by atoms with Gasteiger partial charge in [0.1, 0.15) is 5.92 Å². The molecule has 130 valence electrons. The fourth-order valence-corrected chi connectivity index (χ4v) is 2.63. The molecule has 0 radical (unpaired) electrons. The van der Waals surface area contributed by atoms with E-state index in [0.29, 0.717) is 11.1 Å². The highest BCUT2D eigenvalue weighted by atomic mass is 19.4. The summed E-state index contributed by atoms with van der Waals surface area (Å²) in [5, 5.41) is 8.79. The summed E-state index contributed by atoms with van der Waals surface area (Å²) >= 11 is 0. The maximum Gasteiger partial charge on any atom is 0.416 e. The molecule has 4 nitrogen and oxygen atoms in total. The molecule has 1 unspecified atom stereocenters. The van der Waals surface area contributed by atoms with E-state index in [2.05, 4.69) is 0 Å². The standard InChI is InChI=1S/C19H10F3NO3/c20-19(21,22)14-4-2-1-3-13(14)9-15-17(24)16(18(25)26-15)12-7-5-11(10-23)6-8-12/h1-9,16H. The van der Waals surface area contributed by atoms with E-state index in [9.17, 15) is 22.8 Å². The lowest BCUT2D eigenvalue weighted by Crippen LogP contribution is -2.12. The molecule has 0 saturated carbocycles. The molecule has 1 saturated heterocycles. The summed E-state index contributed by atoms with van der Waals surface area (Å²) in [7, 11) is 0. The van der Waals surface area contributed by atoms with Gasteiger partial charge in [0.15, 0.2) is 5.76 Å². The number of ketones is 1. The SMILES string of the molecule is N#Cc1ccc(C2C(=O)OC(=Cc3ccccc3C(F)(F)F)C2=O)cc1. The van der Waals surface area contributed by atoms with E-state index >= 15 is 0 Å². The average molecular weight is 357 g/mol. The van der Waals surface area contributed by atoms with Crippen LogP contribution in [-0.2, 0) is 20.5 Å². The van der Waals surface area contributed by atoms with Crippen molar-refractivity contribution >= 4 is 17.8 Å². The summed E-state index contributed by atoms with van der Waals surface area (Å²) in [4.78, 5) is 24.5. The number of carbonyl (C=O) groups is 2. The van der Waals surface area contributed by atoms with Crippen LogP contribution in [0.5, 0.6) is 0 Å². The van der Waals surface area contributed by atoms with E-state index in [-0.39, 0.29) is 5.56 Å². The number of allylic oxidation sites excluding steroid dienone is 1. The number of nitriles is 1. The molecule has 1 atom stereocenters. The number of nitrogens with zero attached hydrogens (tertiary/aromatic N) is 1. The highest BCUT2D eigenvalue weighted by Crippen LogP contribution is 2.35. The van der Waals surface area contributed by atoms with Gasteiger partial charge in [-0.05, 0) is 35.4 Å². The predicted molar refractivity (Wildman–Crippen MR) is 84.4 cm³/mol. The van der Waals surface area contributed by atoms with Crippen molar-refractivity contribution < 1.29 is 27.5 Å². The number of esters is 1. The van der Waals surface area contributed by atoms with Crippen molar-refractivity contribution in [3.8, 4) is 6.07 Å². The van der Waals surface area contributed by atoms with Crippen LogP contribution in [0.25, 0.3) is 6.08 Å². The molecule has 2 aromatic carbocycles. The predicted octanol–water partition coefficient (Wildman–Crippen LogP) is 3.83. The number of hydrogen-bond acceptors (Lipinski definition) is 4. The Balaban J connectivity index is 1.97. The van der Waals surface area contributed by atoms with E-state index in [1.165, 1.54) is 42.5 Å². The summed E-state index contributed by atoms with van der Waals surface area (Å²) in [5.41, 5.74) is -0.538. The first-order chi connectivity index (χ1) is 12.3. The smallest absolute Gasteiger partial charge is 0.416 e. The van der Waals surface area contributed by atoms with Crippen molar-refractivity contribution in [3.05, 3.63) is 76.5 Å². The Labute approximate surface area is 146 Å². The van der Waals surface area contributed by atoms with Crippen LogP contribution in [0.3, 0.4) is 0 Å². The van der Waals surface area contributed by atoms with Crippen LogP contribution >= 0.6 is 0 Å². The van der Waals surface area contributed by atoms with Crippen molar-refractivity contribution in [2.45, 2.75) is 12.1 Å². The minimum absolute atomic E-state index is 0.267. The number of benzene rings is 2. The molecule has 0 N–H and O–H groups in total. The van der Waals surface area contributed by atoms with E-state index in [1.54, 1.807) is 0 Å². The lowest BCUT2D eigenvalue weighted by atomic mass is 9.94. The Kier molecular flexibility index (Phi) is 4.34. The third kappa shape index (κ3) is 3.22. The second-order valence-electron chi connectivity index (χ2n) is 5.55. The van der Waals surface area contributed by atoms with Crippen LogP contribution in [-0.4, -0.2) is 11.8 Å². The molecule has 0 spiro atoms. The highest BCUT2D eigenvalue weighted by molar-refractivity contribution is 6.19.